The molecule has 170 valence electrons. The van der Waals surface area contributed by atoms with Gasteiger partial charge in [-0.05, 0) is 35.0 Å². The van der Waals surface area contributed by atoms with E-state index in [1.54, 1.807) is 6.07 Å². The normalized spacial score (nSPS) is 13.4. The lowest BCUT2D eigenvalue weighted by molar-refractivity contribution is 0.669. The summed E-state index contributed by atoms with van der Waals surface area (Å²) in [7, 11) is 0. The monoisotopic (exact) mass is 488 g/mol. The summed E-state index contributed by atoms with van der Waals surface area (Å²) in [4.78, 5) is 14.5. The highest BCUT2D eigenvalue weighted by molar-refractivity contribution is 6.31. The maximum Gasteiger partial charge on any atom is 0.164 e. The largest absolute Gasteiger partial charge is 0.456 e. The van der Waals surface area contributed by atoms with Gasteiger partial charge >= 0.3 is 0 Å². The molecule has 0 amide bonds. The number of aromatic nitrogens is 3. The van der Waals surface area contributed by atoms with Crippen LogP contribution in [0.5, 0.6) is 0 Å². The molecule has 0 spiro atoms. The van der Waals surface area contributed by atoms with Crippen molar-refractivity contribution >= 4 is 44.3 Å². The third-order valence-electron chi connectivity index (χ3n) is 6.05. The predicted molar refractivity (Wildman–Crippen MR) is 146 cm³/mol. The molecule has 36 heavy (non-hydrogen) atoms. The zero-order valence-electron chi connectivity index (χ0n) is 23.6. The Hall–Kier alpha value is -4.54. The Morgan fingerprint density at radius 1 is 0.639 bits per heavy atom. The van der Waals surface area contributed by atoms with Crippen LogP contribution in [-0.2, 0) is 0 Å². The lowest BCUT2D eigenvalue weighted by Gasteiger charge is -2.11. The highest BCUT2D eigenvalue weighted by Crippen LogP contribution is 2.37. The Kier molecular flexibility index (Phi) is 3.73. The Morgan fingerprint density at radius 2 is 1.47 bits per heavy atom. The summed E-state index contributed by atoms with van der Waals surface area (Å²) in [5.74, 6) is 0.959. The predicted octanol–water partition coefficient (Wildman–Crippen LogP) is 8.58. The van der Waals surface area contributed by atoms with Crippen molar-refractivity contribution in [3.8, 4) is 34.2 Å². The molecule has 2 heterocycles. The molecule has 0 N–H and O–H groups in total. The van der Waals surface area contributed by atoms with Crippen LogP contribution >= 0.6 is 11.6 Å². The van der Waals surface area contributed by atoms with Crippen LogP contribution in [0.2, 0.25) is 5.02 Å². The van der Waals surface area contributed by atoms with E-state index in [2.05, 4.69) is 0 Å². The first-order chi connectivity index (χ1) is 19.8. The van der Waals surface area contributed by atoms with E-state index in [-0.39, 0.29) is 52.8 Å². The van der Waals surface area contributed by atoms with Crippen molar-refractivity contribution in [3.05, 3.63) is 114 Å². The Bertz CT molecular complexity index is 2180. The van der Waals surface area contributed by atoms with Crippen LogP contribution in [0.25, 0.3) is 66.9 Å². The molecule has 0 radical (unpaired) electrons. The summed E-state index contributed by atoms with van der Waals surface area (Å²) < 4.78 is 48.0. The summed E-state index contributed by atoms with van der Waals surface area (Å²) in [6.07, 6.45) is 0. The number of furan rings is 1. The molecule has 0 fully saturated rings. The summed E-state index contributed by atoms with van der Waals surface area (Å²) in [5.41, 5.74) is 1.99. The number of rotatable bonds is 3. The Morgan fingerprint density at radius 3 is 2.36 bits per heavy atom. The molecule has 0 bridgehead atoms. The minimum atomic E-state index is -0.277. The second-order valence-electron chi connectivity index (χ2n) is 8.24. The van der Waals surface area contributed by atoms with Gasteiger partial charge in [-0.25, -0.2) is 15.0 Å². The van der Waals surface area contributed by atoms with Crippen LogP contribution in [0.4, 0.5) is 0 Å². The molecule has 5 heteroatoms. The zero-order chi connectivity index (χ0) is 28.4. The quantitative estimate of drug-likeness (QED) is 0.250. The molecule has 7 rings (SSSR count). The number of nitrogens with zero attached hydrogens (tertiary/aromatic N) is 3. The van der Waals surface area contributed by atoms with Gasteiger partial charge in [-0.3, -0.25) is 0 Å². The van der Waals surface area contributed by atoms with Gasteiger partial charge in [0.05, 0.1) is 6.85 Å². The van der Waals surface area contributed by atoms with Crippen molar-refractivity contribution in [2.24, 2.45) is 0 Å². The molecule has 0 saturated carbocycles. The van der Waals surface area contributed by atoms with Crippen LogP contribution in [0.15, 0.2) is 113 Å². The molecule has 0 aliphatic carbocycles. The van der Waals surface area contributed by atoms with Gasteiger partial charge in [0.25, 0.3) is 0 Å². The summed E-state index contributed by atoms with van der Waals surface area (Å²) >= 11 is 6.26. The lowest BCUT2D eigenvalue weighted by Crippen LogP contribution is -2.00. The van der Waals surface area contributed by atoms with E-state index in [9.17, 15) is 0 Å². The van der Waals surface area contributed by atoms with Crippen LogP contribution in [-0.4, -0.2) is 15.0 Å². The molecule has 5 aromatic carbocycles. The second-order valence-corrected chi connectivity index (χ2v) is 8.68. The van der Waals surface area contributed by atoms with Gasteiger partial charge in [0.15, 0.2) is 17.5 Å². The number of para-hydroxylation sites is 1. The molecule has 0 saturated heterocycles. The van der Waals surface area contributed by atoms with E-state index in [4.69, 9.17) is 37.8 Å². The first kappa shape index (κ1) is 16.2. The van der Waals surface area contributed by atoms with Crippen molar-refractivity contribution in [2.45, 2.75) is 0 Å². The Balaban J connectivity index is 1.60. The maximum absolute atomic E-state index is 8.89. The average Bonchev–Trinajstić information content (AvgIpc) is 3.35. The molecule has 2 aromatic heterocycles. The first-order valence-corrected chi connectivity index (χ1v) is 11.6. The number of hydrogen-bond acceptors (Lipinski definition) is 4. The second kappa shape index (κ2) is 8.29. The average molecular weight is 489 g/mol. The number of fused-ring (bicyclic) bond motifs is 4. The van der Waals surface area contributed by atoms with Crippen LogP contribution in [0.3, 0.4) is 0 Å². The van der Waals surface area contributed by atoms with Gasteiger partial charge in [-0.1, -0.05) is 96.5 Å². The summed E-state index contributed by atoms with van der Waals surface area (Å²) in [6, 6.07) is 22.8. The summed E-state index contributed by atoms with van der Waals surface area (Å²) in [5, 5.41) is 3.11. The van der Waals surface area contributed by atoms with E-state index in [0.29, 0.717) is 27.4 Å². The SMILES string of the molecule is [2H]c1cc2c(oc3c([2H])cc([2H])c(-c4nc(-c5ccccc5)nc(-c5cccc6cc(Cl)ccc56)n4)c32)c([2H])c1[2H]. The fourth-order valence-electron chi connectivity index (χ4n) is 4.42. The van der Waals surface area contributed by atoms with E-state index < -0.39 is 0 Å². The first-order valence-electron chi connectivity index (χ1n) is 13.7. The molecule has 4 nitrogen and oxygen atoms in total. The molecule has 0 aliphatic rings. The van der Waals surface area contributed by atoms with Gasteiger partial charge in [0.1, 0.15) is 11.2 Å². The fraction of sp³-hybridized carbons (Fsp3) is 0. The van der Waals surface area contributed by atoms with Crippen LogP contribution in [0.1, 0.15) is 6.85 Å². The molecule has 0 aliphatic heterocycles. The van der Waals surface area contributed by atoms with Crippen LogP contribution in [0, 0.1) is 0 Å². The topological polar surface area (TPSA) is 51.8 Å². The summed E-state index contributed by atoms with van der Waals surface area (Å²) in [6.45, 7) is 0. The molecule has 7 aromatic rings. The van der Waals surface area contributed by atoms with E-state index >= 15 is 0 Å². The highest BCUT2D eigenvalue weighted by Gasteiger charge is 2.18. The van der Waals surface area contributed by atoms with Gasteiger partial charge in [0, 0.05) is 32.5 Å². The number of halogens is 1. The standard InChI is InChI=1S/C31H18ClN3O/c32-21-16-17-22-20(18-21)10-6-12-23(22)30-33-29(19-8-2-1-3-9-19)34-31(35-30)25-13-7-15-27-28(25)24-11-4-5-14-26(24)36-27/h1-18H/i4D,5D,13D,14D,15D. The lowest BCUT2D eigenvalue weighted by atomic mass is 10.0. The van der Waals surface area contributed by atoms with Gasteiger partial charge in [-0.15, -0.1) is 0 Å². The third-order valence-corrected chi connectivity index (χ3v) is 6.29. The minimum absolute atomic E-state index is 0.0147. The minimum Gasteiger partial charge on any atom is -0.456 e. The smallest absolute Gasteiger partial charge is 0.164 e. The van der Waals surface area contributed by atoms with Crippen molar-refractivity contribution in [3.63, 3.8) is 0 Å². The molecular formula is C31H18ClN3O. The van der Waals surface area contributed by atoms with Crippen molar-refractivity contribution in [2.75, 3.05) is 0 Å². The Labute approximate surface area is 218 Å². The highest BCUT2D eigenvalue weighted by atomic mass is 35.5. The van der Waals surface area contributed by atoms with Crippen LogP contribution < -0.4 is 0 Å². The van der Waals surface area contributed by atoms with E-state index in [1.165, 1.54) is 12.1 Å². The van der Waals surface area contributed by atoms with Gasteiger partial charge in [0.2, 0.25) is 0 Å². The van der Waals surface area contributed by atoms with Crippen molar-refractivity contribution in [1.82, 2.24) is 15.0 Å². The van der Waals surface area contributed by atoms with Crippen molar-refractivity contribution in [1.29, 1.82) is 0 Å². The number of hydrogen-bond donors (Lipinski definition) is 0. The van der Waals surface area contributed by atoms with Gasteiger partial charge in [-0.2, -0.15) is 0 Å². The maximum atomic E-state index is 8.89. The third kappa shape index (κ3) is 3.43. The number of benzene rings is 5. The van der Waals surface area contributed by atoms with Crippen molar-refractivity contribution < 1.29 is 11.3 Å². The fourth-order valence-corrected chi connectivity index (χ4v) is 4.60. The zero-order valence-corrected chi connectivity index (χ0v) is 19.4. The van der Waals surface area contributed by atoms with E-state index in [1.807, 2.05) is 60.7 Å². The molecular weight excluding hydrogens is 466 g/mol. The van der Waals surface area contributed by atoms with E-state index in [0.717, 1.165) is 21.9 Å². The van der Waals surface area contributed by atoms with Gasteiger partial charge < -0.3 is 4.42 Å². The molecule has 0 unspecified atom stereocenters. The molecule has 0 atom stereocenters.